The van der Waals surface area contributed by atoms with Gasteiger partial charge in [0, 0.05) is 40.6 Å². The van der Waals surface area contributed by atoms with Gasteiger partial charge in [-0.25, -0.2) is 0 Å². The summed E-state index contributed by atoms with van der Waals surface area (Å²) in [5, 5.41) is 23.3. The molecule has 0 spiro atoms. The lowest BCUT2D eigenvalue weighted by Gasteiger charge is -2.17. The molecule has 5 nitrogen and oxygen atoms in total. The summed E-state index contributed by atoms with van der Waals surface area (Å²) in [6.45, 7) is 1.38. The number of aromatic nitrogens is 1. The number of nitrogens with one attached hydrogen (secondary N) is 2. The minimum absolute atomic E-state index is 0.0136. The third-order valence-corrected chi connectivity index (χ3v) is 3.41. The van der Waals surface area contributed by atoms with Crippen LogP contribution in [0.25, 0.3) is 10.9 Å². The van der Waals surface area contributed by atoms with E-state index < -0.39 is 12.2 Å². The number of hydrogen-bond donors (Lipinski definition) is 4. The molecule has 1 aromatic carbocycles. The van der Waals surface area contributed by atoms with Crippen molar-refractivity contribution in [3.63, 3.8) is 0 Å². The van der Waals surface area contributed by atoms with E-state index in [0.29, 0.717) is 5.56 Å². The molecule has 102 valence electrons. The van der Waals surface area contributed by atoms with Gasteiger partial charge in [-0.05, 0) is 12.1 Å². The van der Waals surface area contributed by atoms with Crippen molar-refractivity contribution in [3.8, 4) is 0 Å². The van der Waals surface area contributed by atoms with Gasteiger partial charge in [0.25, 0.3) is 0 Å². The van der Waals surface area contributed by atoms with Crippen molar-refractivity contribution in [2.75, 3.05) is 6.54 Å². The summed E-state index contributed by atoms with van der Waals surface area (Å²) in [6, 6.07) is 5.62. The Morgan fingerprint density at radius 2 is 2.21 bits per heavy atom. The first kappa shape index (κ1) is 14.0. The van der Waals surface area contributed by atoms with E-state index in [1.807, 2.05) is 18.2 Å². The number of aliphatic hydroxyl groups excluding tert-OH is 2. The number of benzene rings is 1. The Hall–Kier alpha value is -1.37. The van der Waals surface area contributed by atoms with Gasteiger partial charge in [-0.1, -0.05) is 22.0 Å². The number of rotatable bonds is 4. The molecular formula is C13H15BrN2O3. The van der Waals surface area contributed by atoms with E-state index in [1.165, 1.54) is 6.92 Å². The molecule has 19 heavy (non-hydrogen) atoms. The Morgan fingerprint density at radius 3 is 2.89 bits per heavy atom. The Labute approximate surface area is 118 Å². The SMILES string of the molecule is CC(=O)NCC(O)C(O)c1c[nH]c2cc(Br)ccc12. The van der Waals surface area contributed by atoms with Gasteiger partial charge in [0.2, 0.25) is 5.91 Å². The Kier molecular flexibility index (Phi) is 4.24. The van der Waals surface area contributed by atoms with Crippen LogP contribution in [0.4, 0.5) is 0 Å². The third kappa shape index (κ3) is 3.15. The maximum atomic E-state index is 10.8. The second kappa shape index (κ2) is 5.73. The Bertz CT molecular complexity index is 597. The van der Waals surface area contributed by atoms with Crippen LogP contribution in [0.15, 0.2) is 28.9 Å². The molecule has 2 atom stereocenters. The van der Waals surface area contributed by atoms with Crippen LogP contribution in [-0.2, 0) is 4.79 Å². The van der Waals surface area contributed by atoms with Crippen LogP contribution in [0, 0.1) is 0 Å². The highest BCUT2D eigenvalue weighted by Gasteiger charge is 2.21. The summed E-state index contributed by atoms with van der Waals surface area (Å²) in [5.74, 6) is -0.242. The van der Waals surface area contributed by atoms with E-state index in [-0.39, 0.29) is 12.5 Å². The standard InChI is InChI=1S/C13H15BrN2O3/c1-7(17)15-6-12(18)13(19)10-5-16-11-4-8(14)2-3-9(10)11/h2-5,12-13,16,18-19H,6H2,1H3,(H,15,17). The highest BCUT2D eigenvalue weighted by Crippen LogP contribution is 2.28. The number of fused-ring (bicyclic) bond motifs is 1. The van der Waals surface area contributed by atoms with E-state index >= 15 is 0 Å². The molecule has 1 amide bonds. The largest absolute Gasteiger partial charge is 0.388 e. The second-order valence-electron chi connectivity index (χ2n) is 4.38. The summed E-state index contributed by atoms with van der Waals surface area (Å²) in [5.41, 5.74) is 1.48. The fraction of sp³-hybridized carbons (Fsp3) is 0.308. The zero-order valence-electron chi connectivity index (χ0n) is 10.4. The Balaban J connectivity index is 2.21. The predicted octanol–water partition coefficient (Wildman–Crippen LogP) is 1.46. The van der Waals surface area contributed by atoms with Gasteiger partial charge in [0.05, 0.1) is 0 Å². The zero-order chi connectivity index (χ0) is 14.0. The molecule has 1 heterocycles. The number of aromatic amines is 1. The smallest absolute Gasteiger partial charge is 0.216 e. The maximum absolute atomic E-state index is 10.8. The van der Waals surface area contributed by atoms with Crippen molar-refractivity contribution in [3.05, 3.63) is 34.4 Å². The van der Waals surface area contributed by atoms with Gasteiger partial charge < -0.3 is 20.5 Å². The van der Waals surface area contributed by atoms with Crippen LogP contribution in [0.2, 0.25) is 0 Å². The normalized spacial score (nSPS) is 14.3. The molecule has 0 radical (unpaired) electrons. The average Bonchev–Trinajstić information content (AvgIpc) is 2.77. The number of amides is 1. The molecule has 0 aliphatic heterocycles. The lowest BCUT2D eigenvalue weighted by molar-refractivity contribution is -0.119. The van der Waals surface area contributed by atoms with E-state index in [2.05, 4.69) is 26.2 Å². The molecule has 0 saturated heterocycles. The number of carbonyl (C=O) groups is 1. The highest BCUT2D eigenvalue weighted by atomic mass is 79.9. The van der Waals surface area contributed by atoms with Crippen LogP contribution in [0.5, 0.6) is 0 Å². The first-order chi connectivity index (χ1) is 8.99. The lowest BCUT2D eigenvalue weighted by Crippen LogP contribution is -2.34. The van der Waals surface area contributed by atoms with Gasteiger partial charge in [0.1, 0.15) is 12.2 Å². The monoisotopic (exact) mass is 326 g/mol. The molecule has 0 aliphatic carbocycles. The summed E-state index contributed by atoms with van der Waals surface area (Å²) in [6.07, 6.45) is -0.438. The number of carbonyl (C=O) groups excluding carboxylic acids is 1. The van der Waals surface area contributed by atoms with Crippen LogP contribution in [0.1, 0.15) is 18.6 Å². The van der Waals surface area contributed by atoms with Crippen LogP contribution >= 0.6 is 15.9 Å². The van der Waals surface area contributed by atoms with Crippen molar-refractivity contribution in [1.29, 1.82) is 0 Å². The van der Waals surface area contributed by atoms with E-state index in [9.17, 15) is 15.0 Å². The fourth-order valence-corrected chi connectivity index (χ4v) is 2.29. The maximum Gasteiger partial charge on any atom is 0.216 e. The number of H-pyrrole nitrogens is 1. The molecule has 2 rings (SSSR count). The second-order valence-corrected chi connectivity index (χ2v) is 5.30. The van der Waals surface area contributed by atoms with E-state index in [0.717, 1.165) is 15.4 Å². The summed E-state index contributed by atoms with van der Waals surface area (Å²) < 4.78 is 0.932. The van der Waals surface area contributed by atoms with Crippen molar-refractivity contribution < 1.29 is 15.0 Å². The summed E-state index contributed by atoms with van der Waals surface area (Å²) in [7, 11) is 0. The topological polar surface area (TPSA) is 85.3 Å². The van der Waals surface area contributed by atoms with Crippen LogP contribution in [-0.4, -0.2) is 33.8 Å². The molecular weight excluding hydrogens is 312 g/mol. The molecule has 0 bridgehead atoms. The van der Waals surface area contributed by atoms with E-state index in [1.54, 1.807) is 6.20 Å². The molecule has 2 aromatic rings. The van der Waals surface area contributed by atoms with Gasteiger partial charge in [0.15, 0.2) is 0 Å². The minimum Gasteiger partial charge on any atom is -0.388 e. The molecule has 6 heteroatoms. The van der Waals surface area contributed by atoms with Crippen molar-refractivity contribution >= 4 is 32.7 Å². The van der Waals surface area contributed by atoms with Gasteiger partial charge >= 0.3 is 0 Å². The zero-order valence-corrected chi connectivity index (χ0v) is 11.9. The molecule has 0 fully saturated rings. The first-order valence-electron chi connectivity index (χ1n) is 5.86. The fourth-order valence-electron chi connectivity index (χ4n) is 1.93. The van der Waals surface area contributed by atoms with Gasteiger partial charge in [-0.3, -0.25) is 4.79 Å². The number of hydrogen-bond acceptors (Lipinski definition) is 3. The molecule has 4 N–H and O–H groups in total. The summed E-state index contributed by atoms with van der Waals surface area (Å²) >= 11 is 3.37. The number of halogens is 1. The Morgan fingerprint density at radius 1 is 1.47 bits per heavy atom. The quantitative estimate of drug-likeness (QED) is 0.686. The van der Waals surface area contributed by atoms with E-state index in [4.69, 9.17) is 0 Å². The van der Waals surface area contributed by atoms with Gasteiger partial charge in [-0.2, -0.15) is 0 Å². The highest BCUT2D eigenvalue weighted by molar-refractivity contribution is 9.10. The van der Waals surface area contributed by atoms with Crippen molar-refractivity contribution in [2.24, 2.45) is 0 Å². The molecule has 0 saturated carbocycles. The predicted molar refractivity (Wildman–Crippen MR) is 75.6 cm³/mol. The number of aliphatic hydroxyl groups is 2. The third-order valence-electron chi connectivity index (χ3n) is 2.92. The van der Waals surface area contributed by atoms with Crippen molar-refractivity contribution in [1.82, 2.24) is 10.3 Å². The first-order valence-corrected chi connectivity index (χ1v) is 6.65. The average molecular weight is 327 g/mol. The van der Waals surface area contributed by atoms with Crippen molar-refractivity contribution in [2.45, 2.75) is 19.1 Å². The minimum atomic E-state index is -1.05. The van der Waals surface area contributed by atoms with Crippen LogP contribution in [0.3, 0.4) is 0 Å². The molecule has 1 aromatic heterocycles. The molecule has 2 unspecified atom stereocenters. The summed E-state index contributed by atoms with van der Waals surface area (Å²) in [4.78, 5) is 13.8. The lowest BCUT2D eigenvalue weighted by atomic mass is 10.0. The molecule has 0 aliphatic rings. The van der Waals surface area contributed by atoms with Crippen LogP contribution < -0.4 is 5.32 Å². The van der Waals surface area contributed by atoms with Gasteiger partial charge in [-0.15, -0.1) is 0 Å².